The van der Waals surface area contributed by atoms with Gasteiger partial charge in [0.15, 0.2) is 0 Å². The van der Waals surface area contributed by atoms with Crippen molar-refractivity contribution in [3.8, 4) is 0 Å². The van der Waals surface area contributed by atoms with Crippen molar-refractivity contribution < 1.29 is 0 Å². The molecule has 1 aliphatic heterocycles. The maximum Gasteiger partial charge on any atom is 0.0822 e. The summed E-state index contributed by atoms with van der Waals surface area (Å²) in [6.07, 6.45) is 7.27. The van der Waals surface area contributed by atoms with E-state index in [-0.39, 0.29) is 0 Å². The molecule has 0 aromatic carbocycles. The van der Waals surface area contributed by atoms with E-state index >= 15 is 0 Å². The average molecular weight is 134 g/mol. The predicted octanol–water partition coefficient (Wildman–Crippen LogP) is 1.59. The molecule has 0 amide bonds. The predicted molar refractivity (Wildman–Crippen MR) is 43.7 cm³/mol. The summed E-state index contributed by atoms with van der Waals surface area (Å²) in [5, 5.41) is 2.98. The zero-order chi connectivity index (χ0) is 7.40. The lowest BCUT2D eigenvalue weighted by atomic mass is 10.3. The first-order valence-electron chi connectivity index (χ1n) is 3.17. The van der Waals surface area contributed by atoms with E-state index in [9.17, 15) is 0 Å². The molecule has 52 valence electrons. The highest BCUT2D eigenvalue weighted by molar-refractivity contribution is 5.79. The lowest BCUT2D eigenvalue weighted by molar-refractivity contribution is 1.07. The lowest BCUT2D eigenvalue weighted by Gasteiger charge is -2.00. The smallest absolute Gasteiger partial charge is 0.0822 e. The number of hydrogen-bond acceptors (Lipinski definition) is 2. The summed E-state index contributed by atoms with van der Waals surface area (Å²) in [4.78, 5) is 4.09. The minimum Gasteiger partial charge on any atom is -0.360 e. The van der Waals surface area contributed by atoms with Crippen LogP contribution in [0, 0.1) is 0 Å². The van der Waals surface area contributed by atoms with Gasteiger partial charge in [0.2, 0.25) is 0 Å². The van der Waals surface area contributed by atoms with Crippen molar-refractivity contribution in [2.75, 3.05) is 0 Å². The largest absolute Gasteiger partial charge is 0.360 e. The fraction of sp³-hybridized carbons (Fsp3) is 0.125. The highest BCUT2D eigenvalue weighted by atomic mass is 14.9. The number of nitrogens with one attached hydrogen (secondary N) is 1. The first kappa shape index (κ1) is 6.81. The number of aliphatic imine (C=N–C) groups is 1. The summed E-state index contributed by atoms with van der Waals surface area (Å²) in [5.41, 5.74) is 1.98. The van der Waals surface area contributed by atoms with E-state index in [1.807, 2.05) is 19.1 Å². The van der Waals surface area contributed by atoms with Gasteiger partial charge in [-0.1, -0.05) is 12.7 Å². The molecule has 2 heteroatoms. The van der Waals surface area contributed by atoms with E-state index in [1.54, 1.807) is 12.4 Å². The third-order valence-electron chi connectivity index (χ3n) is 1.26. The van der Waals surface area contributed by atoms with Gasteiger partial charge in [0.25, 0.3) is 0 Å². The molecule has 0 fully saturated rings. The van der Waals surface area contributed by atoms with Gasteiger partial charge in [0.05, 0.1) is 11.4 Å². The van der Waals surface area contributed by atoms with Gasteiger partial charge in [0.1, 0.15) is 0 Å². The van der Waals surface area contributed by atoms with Gasteiger partial charge in [-0.3, -0.25) is 4.99 Å². The monoisotopic (exact) mass is 134 g/mol. The quantitative estimate of drug-likeness (QED) is 0.609. The summed E-state index contributed by atoms with van der Waals surface area (Å²) >= 11 is 0. The maximum atomic E-state index is 4.09. The Hall–Kier alpha value is -1.31. The summed E-state index contributed by atoms with van der Waals surface area (Å²) in [6.45, 7) is 5.51. The van der Waals surface area contributed by atoms with E-state index in [0.717, 1.165) is 11.4 Å². The Kier molecular flexibility index (Phi) is 2.05. The molecule has 10 heavy (non-hydrogen) atoms. The first-order valence-corrected chi connectivity index (χ1v) is 3.17. The minimum absolute atomic E-state index is 0.972. The highest BCUT2D eigenvalue weighted by Gasteiger charge is 2.02. The molecule has 0 unspecified atom stereocenters. The fourth-order valence-electron chi connectivity index (χ4n) is 0.809. The molecule has 1 heterocycles. The molecule has 1 rings (SSSR count). The molecular weight excluding hydrogens is 124 g/mol. The van der Waals surface area contributed by atoms with Crippen LogP contribution in [0.25, 0.3) is 0 Å². The molecular formula is C8H10N2. The Bertz CT molecular complexity index is 221. The second-order valence-electron chi connectivity index (χ2n) is 1.88. The molecule has 0 aromatic heterocycles. The molecule has 1 aliphatic rings. The van der Waals surface area contributed by atoms with Crippen LogP contribution in [0.4, 0.5) is 0 Å². The van der Waals surface area contributed by atoms with Gasteiger partial charge in [0, 0.05) is 6.21 Å². The van der Waals surface area contributed by atoms with Gasteiger partial charge in [-0.25, -0.2) is 0 Å². The highest BCUT2D eigenvalue weighted by Crippen LogP contribution is 2.11. The fourth-order valence-corrected chi connectivity index (χ4v) is 0.809. The van der Waals surface area contributed by atoms with Crippen LogP contribution in [0.1, 0.15) is 6.92 Å². The summed E-state index contributed by atoms with van der Waals surface area (Å²) in [6, 6.07) is 0. The van der Waals surface area contributed by atoms with Crippen LogP contribution < -0.4 is 5.32 Å². The van der Waals surface area contributed by atoms with Gasteiger partial charge in [-0.05, 0) is 19.2 Å². The average Bonchev–Trinajstić information content (AvgIpc) is 2.36. The van der Waals surface area contributed by atoms with Crippen molar-refractivity contribution in [1.82, 2.24) is 5.32 Å². The van der Waals surface area contributed by atoms with Crippen LogP contribution in [-0.4, -0.2) is 6.21 Å². The van der Waals surface area contributed by atoms with Gasteiger partial charge in [-0.15, -0.1) is 0 Å². The van der Waals surface area contributed by atoms with Gasteiger partial charge >= 0.3 is 0 Å². The van der Waals surface area contributed by atoms with Crippen molar-refractivity contribution in [3.63, 3.8) is 0 Å². The lowest BCUT2D eigenvalue weighted by Crippen LogP contribution is -2.02. The molecule has 0 radical (unpaired) electrons. The van der Waals surface area contributed by atoms with Crippen molar-refractivity contribution in [2.24, 2.45) is 4.99 Å². The van der Waals surface area contributed by atoms with Crippen molar-refractivity contribution >= 4 is 6.21 Å². The molecule has 0 bridgehead atoms. The van der Waals surface area contributed by atoms with Crippen LogP contribution in [0.3, 0.4) is 0 Å². The van der Waals surface area contributed by atoms with Crippen molar-refractivity contribution in [3.05, 3.63) is 36.3 Å². The van der Waals surface area contributed by atoms with E-state index in [4.69, 9.17) is 0 Å². The number of rotatable bonds is 2. The second-order valence-corrected chi connectivity index (χ2v) is 1.88. The Morgan fingerprint density at radius 3 is 3.10 bits per heavy atom. The standard InChI is InChI=1S/C8H10N2/c1-3-7-8(9-4-2)5-6-10-7/h3-6,9H,2H2,1H3/b7-3+. The van der Waals surface area contributed by atoms with Crippen LogP contribution in [0.5, 0.6) is 0 Å². The topological polar surface area (TPSA) is 24.4 Å². The molecule has 0 aliphatic carbocycles. The number of allylic oxidation sites excluding steroid dienone is 2. The van der Waals surface area contributed by atoms with E-state index in [0.29, 0.717) is 0 Å². The third kappa shape index (κ3) is 1.16. The second kappa shape index (κ2) is 3.01. The van der Waals surface area contributed by atoms with Crippen LogP contribution >= 0.6 is 0 Å². The van der Waals surface area contributed by atoms with Crippen LogP contribution in [0.2, 0.25) is 0 Å². The van der Waals surface area contributed by atoms with Gasteiger partial charge in [-0.2, -0.15) is 0 Å². The Morgan fingerprint density at radius 2 is 2.50 bits per heavy atom. The Balaban J connectivity index is 2.72. The summed E-state index contributed by atoms with van der Waals surface area (Å²) in [7, 11) is 0. The SMILES string of the molecule is C=CNC1=CC=N/C1=C/C. The molecule has 0 spiro atoms. The molecule has 2 nitrogen and oxygen atoms in total. The molecule has 0 saturated heterocycles. The first-order chi connectivity index (χ1) is 4.88. The minimum atomic E-state index is 0.972. The summed E-state index contributed by atoms with van der Waals surface area (Å²) < 4.78 is 0. The van der Waals surface area contributed by atoms with E-state index in [2.05, 4.69) is 16.9 Å². The zero-order valence-electron chi connectivity index (χ0n) is 5.96. The normalized spacial score (nSPS) is 19.3. The third-order valence-corrected chi connectivity index (χ3v) is 1.26. The Labute approximate surface area is 60.7 Å². The van der Waals surface area contributed by atoms with Gasteiger partial charge < -0.3 is 5.32 Å². The van der Waals surface area contributed by atoms with Crippen LogP contribution in [0.15, 0.2) is 41.3 Å². The summed E-state index contributed by atoms with van der Waals surface area (Å²) in [5.74, 6) is 0. The van der Waals surface area contributed by atoms with E-state index < -0.39 is 0 Å². The van der Waals surface area contributed by atoms with Crippen molar-refractivity contribution in [2.45, 2.75) is 6.92 Å². The number of nitrogens with zero attached hydrogens (tertiary/aromatic N) is 1. The van der Waals surface area contributed by atoms with E-state index in [1.165, 1.54) is 0 Å². The zero-order valence-corrected chi connectivity index (χ0v) is 5.96. The number of hydrogen-bond donors (Lipinski definition) is 1. The molecule has 0 saturated carbocycles. The molecule has 0 atom stereocenters. The Morgan fingerprint density at radius 1 is 1.70 bits per heavy atom. The molecule has 0 aromatic rings. The maximum absolute atomic E-state index is 4.09. The van der Waals surface area contributed by atoms with Crippen LogP contribution in [-0.2, 0) is 0 Å². The van der Waals surface area contributed by atoms with Crippen molar-refractivity contribution in [1.29, 1.82) is 0 Å². The molecule has 1 N–H and O–H groups in total.